The highest BCUT2D eigenvalue weighted by molar-refractivity contribution is 7.90. The highest BCUT2D eigenvalue weighted by atomic mass is 32.2. The molecule has 0 aliphatic rings. The van der Waals surface area contributed by atoms with Crippen LogP contribution in [-0.2, 0) is 14.6 Å². The Labute approximate surface area is 139 Å². The molecular weight excluding hydrogens is 335 g/mol. The van der Waals surface area contributed by atoms with Crippen LogP contribution in [0.15, 0.2) is 53.4 Å². The number of benzene rings is 2. The van der Waals surface area contributed by atoms with Gasteiger partial charge in [0.1, 0.15) is 5.82 Å². The molecule has 5 nitrogen and oxygen atoms in total. The van der Waals surface area contributed by atoms with Gasteiger partial charge in [-0.25, -0.2) is 17.6 Å². The van der Waals surface area contributed by atoms with Crippen LogP contribution in [-0.4, -0.2) is 32.5 Å². The van der Waals surface area contributed by atoms with Crippen LogP contribution in [0.3, 0.4) is 0 Å². The van der Waals surface area contributed by atoms with Crippen LogP contribution in [0.25, 0.3) is 0 Å². The molecule has 0 saturated carbocycles. The molecule has 0 aromatic heterocycles. The van der Waals surface area contributed by atoms with E-state index in [0.29, 0.717) is 0 Å². The summed E-state index contributed by atoms with van der Waals surface area (Å²) in [6.45, 7) is 1.37. The molecule has 0 aliphatic heterocycles. The molecule has 1 unspecified atom stereocenters. The number of carbonyl (C=O) groups excluding carboxylic acids is 2. The van der Waals surface area contributed by atoms with Crippen LogP contribution in [0, 0.1) is 5.82 Å². The summed E-state index contributed by atoms with van der Waals surface area (Å²) in [7, 11) is -3.62. The summed E-state index contributed by atoms with van der Waals surface area (Å²) in [5.74, 6) is -1.92. The Bertz CT molecular complexity index is 872. The number of ketones is 1. The fourth-order valence-corrected chi connectivity index (χ4v) is 2.96. The molecule has 0 radical (unpaired) electrons. The largest absolute Gasteiger partial charge is 0.451 e. The van der Waals surface area contributed by atoms with E-state index in [1.165, 1.54) is 43.3 Å². The van der Waals surface area contributed by atoms with Gasteiger partial charge in [0.25, 0.3) is 0 Å². The third-order valence-electron chi connectivity index (χ3n) is 3.29. The number of esters is 1. The highest BCUT2D eigenvalue weighted by Gasteiger charge is 2.24. The van der Waals surface area contributed by atoms with Crippen molar-refractivity contribution in [2.75, 3.05) is 6.26 Å². The summed E-state index contributed by atoms with van der Waals surface area (Å²) in [6.07, 6.45) is -0.165. The molecule has 0 spiro atoms. The van der Waals surface area contributed by atoms with Crippen LogP contribution in [0.1, 0.15) is 27.6 Å². The van der Waals surface area contributed by atoms with Crippen LogP contribution in [0.4, 0.5) is 4.39 Å². The Balaban J connectivity index is 2.21. The molecule has 0 bridgehead atoms. The quantitative estimate of drug-likeness (QED) is 0.612. The number of halogens is 1. The Morgan fingerprint density at radius 2 is 1.62 bits per heavy atom. The van der Waals surface area contributed by atoms with Gasteiger partial charge in [0, 0.05) is 11.8 Å². The van der Waals surface area contributed by atoms with E-state index in [2.05, 4.69) is 0 Å². The smallest absolute Gasteiger partial charge is 0.340 e. The Kier molecular flexibility index (Phi) is 5.14. The molecule has 2 aromatic carbocycles. The minimum atomic E-state index is -3.62. The van der Waals surface area contributed by atoms with Gasteiger partial charge >= 0.3 is 5.97 Å². The van der Waals surface area contributed by atoms with E-state index >= 15 is 0 Å². The van der Waals surface area contributed by atoms with Crippen LogP contribution in [0.5, 0.6) is 0 Å². The van der Waals surface area contributed by atoms with Gasteiger partial charge in [-0.1, -0.05) is 12.1 Å². The van der Waals surface area contributed by atoms with E-state index in [4.69, 9.17) is 4.74 Å². The molecule has 7 heteroatoms. The van der Waals surface area contributed by atoms with Gasteiger partial charge in [0.05, 0.1) is 10.5 Å². The molecule has 0 saturated heterocycles. The molecule has 0 N–H and O–H groups in total. The van der Waals surface area contributed by atoms with E-state index < -0.39 is 33.5 Å². The topological polar surface area (TPSA) is 77.5 Å². The molecule has 126 valence electrons. The molecule has 0 fully saturated rings. The summed E-state index contributed by atoms with van der Waals surface area (Å²) in [6, 6.07) is 10.4. The maximum atomic E-state index is 12.9. The zero-order valence-electron chi connectivity index (χ0n) is 13.0. The summed E-state index contributed by atoms with van der Waals surface area (Å²) >= 11 is 0. The van der Waals surface area contributed by atoms with Gasteiger partial charge < -0.3 is 4.74 Å². The standard InChI is InChI=1S/C17H15FO5S/c1-11(16(19)12-7-9-13(18)10-8-12)23-17(20)14-5-3-4-6-15(14)24(2,21)22/h3-11H,1-2H3. The number of carbonyl (C=O) groups is 2. The van der Waals surface area contributed by atoms with Crippen molar-refractivity contribution in [3.63, 3.8) is 0 Å². The third kappa shape index (κ3) is 4.05. The molecule has 2 aromatic rings. The number of rotatable bonds is 5. The van der Waals surface area contributed by atoms with Crippen molar-refractivity contribution in [3.8, 4) is 0 Å². The van der Waals surface area contributed by atoms with E-state index in [0.717, 1.165) is 18.4 Å². The second-order valence-corrected chi connectivity index (χ2v) is 7.17. The Morgan fingerprint density at radius 1 is 1.04 bits per heavy atom. The molecule has 0 amide bonds. The van der Waals surface area contributed by atoms with Crippen LogP contribution in [0.2, 0.25) is 0 Å². The first kappa shape index (κ1) is 17.8. The minimum absolute atomic E-state index is 0.140. The fraction of sp³-hybridized carbons (Fsp3) is 0.176. The zero-order valence-corrected chi connectivity index (χ0v) is 13.8. The van der Waals surface area contributed by atoms with Crippen molar-refractivity contribution in [3.05, 3.63) is 65.5 Å². The maximum Gasteiger partial charge on any atom is 0.340 e. The van der Waals surface area contributed by atoms with E-state index in [-0.39, 0.29) is 16.0 Å². The van der Waals surface area contributed by atoms with Crippen molar-refractivity contribution < 1.29 is 27.1 Å². The molecule has 0 heterocycles. The SMILES string of the molecule is CC(OC(=O)c1ccccc1S(C)(=O)=O)C(=O)c1ccc(F)cc1. The van der Waals surface area contributed by atoms with Crippen molar-refractivity contribution in [2.45, 2.75) is 17.9 Å². The van der Waals surface area contributed by atoms with Crippen molar-refractivity contribution in [1.82, 2.24) is 0 Å². The first-order valence-electron chi connectivity index (χ1n) is 7.00. The number of hydrogen-bond donors (Lipinski definition) is 0. The lowest BCUT2D eigenvalue weighted by Gasteiger charge is -2.14. The van der Waals surface area contributed by atoms with E-state index in [1.807, 2.05) is 0 Å². The second kappa shape index (κ2) is 6.92. The number of ether oxygens (including phenoxy) is 1. The Hall–Kier alpha value is -2.54. The Morgan fingerprint density at radius 3 is 2.21 bits per heavy atom. The van der Waals surface area contributed by atoms with Gasteiger partial charge in [0.15, 0.2) is 15.9 Å². The normalized spacial score (nSPS) is 12.5. The number of sulfone groups is 1. The van der Waals surface area contributed by atoms with Gasteiger partial charge in [-0.05, 0) is 43.3 Å². The summed E-state index contributed by atoms with van der Waals surface area (Å²) in [5.41, 5.74) is 0.0480. The predicted molar refractivity (Wildman–Crippen MR) is 85.2 cm³/mol. The average molecular weight is 350 g/mol. The lowest BCUT2D eigenvalue weighted by molar-refractivity contribution is 0.0315. The third-order valence-corrected chi connectivity index (χ3v) is 4.44. The molecule has 2 rings (SSSR count). The first-order valence-corrected chi connectivity index (χ1v) is 8.89. The van der Waals surface area contributed by atoms with Gasteiger partial charge in [-0.2, -0.15) is 0 Å². The molecular formula is C17H15FO5S. The summed E-state index contributed by atoms with van der Waals surface area (Å²) in [5, 5.41) is 0. The van der Waals surface area contributed by atoms with Crippen molar-refractivity contribution >= 4 is 21.6 Å². The monoisotopic (exact) mass is 350 g/mol. The van der Waals surface area contributed by atoms with Crippen molar-refractivity contribution in [2.24, 2.45) is 0 Å². The van der Waals surface area contributed by atoms with Crippen LogP contribution >= 0.6 is 0 Å². The predicted octanol–water partition coefficient (Wildman–Crippen LogP) is 2.66. The summed E-state index contributed by atoms with van der Waals surface area (Å²) < 4.78 is 41.4. The number of Topliss-reactive ketones (excluding diaryl/α,β-unsaturated/α-hetero) is 1. The van der Waals surface area contributed by atoms with Crippen molar-refractivity contribution in [1.29, 1.82) is 0 Å². The van der Waals surface area contributed by atoms with E-state index in [9.17, 15) is 22.4 Å². The van der Waals surface area contributed by atoms with Gasteiger partial charge in [0.2, 0.25) is 5.78 Å². The maximum absolute atomic E-state index is 12.9. The molecule has 1 atom stereocenters. The molecule has 24 heavy (non-hydrogen) atoms. The lowest BCUT2D eigenvalue weighted by atomic mass is 10.1. The lowest BCUT2D eigenvalue weighted by Crippen LogP contribution is -2.25. The highest BCUT2D eigenvalue weighted by Crippen LogP contribution is 2.18. The number of hydrogen-bond acceptors (Lipinski definition) is 5. The summed E-state index contributed by atoms with van der Waals surface area (Å²) in [4.78, 5) is 24.2. The zero-order chi connectivity index (χ0) is 17.9. The van der Waals surface area contributed by atoms with E-state index in [1.54, 1.807) is 0 Å². The minimum Gasteiger partial charge on any atom is -0.451 e. The van der Waals surface area contributed by atoms with Crippen LogP contribution < -0.4 is 0 Å². The fourth-order valence-electron chi connectivity index (χ4n) is 2.09. The average Bonchev–Trinajstić information content (AvgIpc) is 2.54. The van der Waals surface area contributed by atoms with Gasteiger partial charge in [-0.3, -0.25) is 4.79 Å². The van der Waals surface area contributed by atoms with Gasteiger partial charge in [-0.15, -0.1) is 0 Å². The second-order valence-electron chi connectivity index (χ2n) is 5.19. The first-order chi connectivity index (χ1) is 11.2. The molecule has 0 aliphatic carbocycles.